The summed E-state index contributed by atoms with van der Waals surface area (Å²) in [6.07, 6.45) is 2.72. The molecule has 2 rings (SSSR count). The highest BCUT2D eigenvalue weighted by Gasteiger charge is 2.26. The first-order chi connectivity index (χ1) is 8.56. The molecule has 4 heteroatoms. The molecule has 1 fully saturated rings. The number of rotatable bonds is 4. The van der Waals surface area contributed by atoms with E-state index in [1.807, 2.05) is 11.9 Å². The maximum atomic E-state index is 13.5. The van der Waals surface area contributed by atoms with Crippen molar-refractivity contribution in [1.82, 2.24) is 4.90 Å². The van der Waals surface area contributed by atoms with Crippen LogP contribution in [0, 0.1) is 17.6 Å². The second kappa shape index (κ2) is 5.76. The summed E-state index contributed by atoms with van der Waals surface area (Å²) in [5, 5.41) is 9.74. The standard InChI is InChI=1S/C14H19F2NO/c1-17(9-11-3-2-4-14(11)18)8-10-5-6-12(15)7-13(10)16/h5-7,11,14,18H,2-4,8-9H2,1H3. The summed E-state index contributed by atoms with van der Waals surface area (Å²) in [6.45, 7) is 1.19. The van der Waals surface area contributed by atoms with Crippen LogP contribution < -0.4 is 0 Å². The molecule has 1 aromatic carbocycles. The van der Waals surface area contributed by atoms with Gasteiger partial charge in [0.25, 0.3) is 0 Å². The fraction of sp³-hybridized carbons (Fsp3) is 0.571. The van der Waals surface area contributed by atoms with Gasteiger partial charge in [0.05, 0.1) is 6.10 Å². The van der Waals surface area contributed by atoms with Crippen molar-refractivity contribution in [2.75, 3.05) is 13.6 Å². The van der Waals surface area contributed by atoms with E-state index in [2.05, 4.69) is 0 Å². The number of hydrogen-bond acceptors (Lipinski definition) is 2. The van der Waals surface area contributed by atoms with Crippen molar-refractivity contribution >= 4 is 0 Å². The second-order valence-corrected chi connectivity index (χ2v) is 5.19. The van der Waals surface area contributed by atoms with Crippen LogP contribution in [0.4, 0.5) is 8.78 Å². The zero-order chi connectivity index (χ0) is 13.1. The maximum Gasteiger partial charge on any atom is 0.130 e. The predicted octanol–water partition coefficient (Wildman–Crippen LogP) is 2.56. The molecule has 0 aromatic heterocycles. The van der Waals surface area contributed by atoms with Crippen LogP contribution in [0.5, 0.6) is 0 Å². The highest BCUT2D eigenvalue weighted by atomic mass is 19.1. The molecule has 0 amide bonds. The van der Waals surface area contributed by atoms with Gasteiger partial charge in [-0.1, -0.05) is 12.5 Å². The van der Waals surface area contributed by atoms with Gasteiger partial charge < -0.3 is 10.0 Å². The molecule has 0 spiro atoms. The first-order valence-corrected chi connectivity index (χ1v) is 6.37. The molecule has 0 radical (unpaired) electrons. The van der Waals surface area contributed by atoms with Crippen LogP contribution in [0.25, 0.3) is 0 Å². The Morgan fingerprint density at radius 1 is 1.33 bits per heavy atom. The van der Waals surface area contributed by atoms with Crippen LogP contribution in [0.3, 0.4) is 0 Å². The van der Waals surface area contributed by atoms with Gasteiger partial charge in [0.1, 0.15) is 11.6 Å². The molecule has 0 bridgehead atoms. The van der Waals surface area contributed by atoms with Crippen molar-refractivity contribution in [1.29, 1.82) is 0 Å². The van der Waals surface area contributed by atoms with Gasteiger partial charge in [0.15, 0.2) is 0 Å². The number of halogens is 2. The van der Waals surface area contributed by atoms with Crippen molar-refractivity contribution in [2.24, 2.45) is 5.92 Å². The zero-order valence-corrected chi connectivity index (χ0v) is 10.6. The third kappa shape index (κ3) is 3.27. The minimum atomic E-state index is -0.551. The summed E-state index contributed by atoms with van der Waals surface area (Å²) in [4.78, 5) is 1.98. The summed E-state index contributed by atoms with van der Waals surface area (Å²) in [5.74, 6) is -0.780. The average molecular weight is 255 g/mol. The smallest absolute Gasteiger partial charge is 0.130 e. The first-order valence-electron chi connectivity index (χ1n) is 6.37. The van der Waals surface area contributed by atoms with E-state index in [-0.39, 0.29) is 12.0 Å². The SMILES string of the molecule is CN(Cc1ccc(F)cc1F)CC1CCCC1O. The van der Waals surface area contributed by atoms with Crippen LogP contribution in [-0.4, -0.2) is 29.7 Å². The molecule has 2 nitrogen and oxygen atoms in total. The molecule has 1 saturated carbocycles. The van der Waals surface area contributed by atoms with Crippen molar-refractivity contribution in [2.45, 2.75) is 31.9 Å². The van der Waals surface area contributed by atoms with Gasteiger partial charge in [-0.25, -0.2) is 8.78 Å². The molecule has 1 N–H and O–H groups in total. The van der Waals surface area contributed by atoms with Crippen LogP contribution >= 0.6 is 0 Å². The van der Waals surface area contributed by atoms with Gasteiger partial charge in [0.2, 0.25) is 0 Å². The van der Waals surface area contributed by atoms with Crippen LogP contribution in [-0.2, 0) is 6.54 Å². The Balaban J connectivity index is 1.92. The van der Waals surface area contributed by atoms with Gasteiger partial charge in [0, 0.05) is 24.7 Å². The fourth-order valence-corrected chi connectivity index (χ4v) is 2.64. The Bertz CT molecular complexity index is 411. The van der Waals surface area contributed by atoms with E-state index in [4.69, 9.17) is 0 Å². The summed E-state index contributed by atoms with van der Waals surface area (Å²) >= 11 is 0. The summed E-state index contributed by atoms with van der Waals surface area (Å²) < 4.78 is 26.3. The number of nitrogens with zero attached hydrogens (tertiary/aromatic N) is 1. The predicted molar refractivity (Wildman–Crippen MR) is 66.0 cm³/mol. The average Bonchev–Trinajstić information content (AvgIpc) is 2.69. The number of aliphatic hydroxyl groups excluding tert-OH is 1. The van der Waals surface area contributed by atoms with Crippen molar-refractivity contribution in [3.63, 3.8) is 0 Å². The Hall–Kier alpha value is -1.00. The van der Waals surface area contributed by atoms with E-state index >= 15 is 0 Å². The lowest BCUT2D eigenvalue weighted by Gasteiger charge is -2.23. The minimum Gasteiger partial charge on any atom is -0.393 e. The first kappa shape index (κ1) is 13.4. The van der Waals surface area contributed by atoms with E-state index in [0.717, 1.165) is 31.9 Å². The molecular weight excluding hydrogens is 236 g/mol. The van der Waals surface area contributed by atoms with E-state index in [9.17, 15) is 13.9 Å². The number of hydrogen-bond donors (Lipinski definition) is 1. The second-order valence-electron chi connectivity index (χ2n) is 5.19. The van der Waals surface area contributed by atoms with E-state index in [1.54, 1.807) is 0 Å². The highest BCUT2D eigenvalue weighted by Crippen LogP contribution is 2.26. The summed E-state index contributed by atoms with van der Waals surface area (Å²) in [6, 6.07) is 3.66. The number of aliphatic hydroxyl groups is 1. The van der Waals surface area contributed by atoms with Gasteiger partial charge in [-0.2, -0.15) is 0 Å². The molecule has 2 unspecified atom stereocenters. The number of benzene rings is 1. The highest BCUT2D eigenvalue weighted by molar-refractivity contribution is 5.18. The topological polar surface area (TPSA) is 23.5 Å². The van der Waals surface area contributed by atoms with E-state index < -0.39 is 11.6 Å². The lowest BCUT2D eigenvalue weighted by Crippen LogP contribution is -2.29. The lowest BCUT2D eigenvalue weighted by molar-refractivity contribution is 0.107. The molecule has 0 aliphatic heterocycles. The molecule has 0 heterocycles. The molecule has 0 saturated heterocycles. The van der Waals surface area contributed by atoms with Crippen molar-refractivity contribution < 1.29 is 13.9 Å². The Morgan fingerprint density at radius 2 is 2.11 bits per heavy atom. The van der Waals surface area contributed by atoms with Crippen LogP contribution in [0.15, 0.2) is 18.2 Å². The molecule has 100 valence electrons. The molecule has 1 aliphatic rings. The quantitative estimate of drug-likeness (QED) is 0.893. The lowest BCUT2D eigenvalue weighted by atomic mass is 10.1. The monoisotopic (exact) mass is 255 g/mol. The van der Waals surface area contributed by atoms with Crippen molar-refractivity contribution in [3.05, 3.63) is 35.4 Å². The van der Waals surface area contributed by atoms with Gasteiger partial charge in [-0.3, -0.25) is 0 Å². The Kier molecular flexibility index (Phi) is 4.30. The van der Waals surface area contributed by atoms with Gasteiger partial charge >= 0.3 is 0 Å². The van der Waals surface area contributed by atoms with Gasteiger partial charge in [-0.05, 0) is 31.9 Å². The third-order valence-corrected chi connectivity index (χ3v) is 3.62. The Morgan fingerprint density at radius 3 is 2.72 bits per heavy atom. The van der Waals surface area contributed by atoms with E-state index in [1.165, 1.54) is 12.1 Å². The normalized spacial score (nSPS) is 23.8. The molecule has 2 atom stereocenters. The van der Waals surface area contributed by atoms with Crippen LogP contribution in [0.1, 0.15) is 24.8 Å². The van der Waals surface area contributed by atoms with Gasteiger partial charge in [-0.15, -0.1) is 0 Å². The zero-order valence-electron chi connectivity index (χ0n) is 10.6. The van der Waals surface area contributed by atoms with E-state index in [0.29, 0.717) is 12.1 Å². The Labute approximate surface area is 106 Å². The molecular formula is C14H19F2NO. The molecule has 1 aliphatic carbocycles. The summed E-state index contributed by atoms with van der Waals surface area (Å²) in [7, 11) is 1.90. The maximum absolute atomic E-state index is 13.5. The largest absolute Gasteiger partial charge is 0.393 e. The summed E-state index contributed by atoms with van der Waals surface area (Å²) in [5.41, 5.74) is 0.492. The van der Waals surface area contributed by atoms with Crippen molar-refractivity contribution in [3.8, 4) is 0 Å². The molecule has 18 heavy (non-hydrogen) atoms. The fourth-order valence-electron chi connectivity index (χ4n) is 2.64. The van der Waals surface area contributed by atoms with Crippen LogP contribution in [0.2, 0.25) is 0 Å². The minimum absolute atomic E-state index is 0.231. The molecule has 1 aromatic rings. The third-order valence-electron chi connectivity index (χ3n) is 3.62.